The molecule has 2 aromatic carbocycles. The summed E-state index contributed by atoms with van der Waals surface area (Å²) >= 11 is 0. The summed E-state index contributed by atoms with van der Waals surface area (Å²) in [6.45, 7) is 0. The average Bonchev–Trinajstić information content (AvgIpc) is 3.07. The Hall–Kier alpha value is -3.49. The van der Waals surface area contributed by atoms with Crippen molar-refractivity contribution in [2.45, 2.75) is 11.3 Å². The number of carbonyl (C=O) groups excluding carboxylic acids is 3. The second-order valence-electron chi connectivity index (χ2n) is 6.64. The van der Waals surface area contributed by atoms with Crippen molar-refractivity contribution in [2.75, 3.05) is 19.1 Å². The zero-order chi connectivity index (χ0) is 21.0. The Morgan fingerprint density at radius 3 is 2.10 bits per heavy atom. The maximum atomic E-state index is 13.2. The van der Waals surface area contributed by atoms with Crippen molar-refractivity contribution in [3.63, 3.8) is 0 Å². The molecule has 2 N–H and O–H groups in total. The molecule has 0 aromatic heterocycles. The fourth-order valence-corrected chi connectivity index (χ4v) is 4.08. The van der Waals surface area contributed by atoms with E-state index in [4.69, 9.17) is 9.47 Å². The topological polar surface area (TPSA) is 113 Å². The fourth-order valence-electron chi connectivity index (χ4n) is 4.08. The Morgan fingerprint density at radius 2 is 1.48 bits per heavy atom. The quantitative estimate of drug-likeness (QED) is 0.737. The van der Waals surface area contributed by atoms with Crippen molar-refractivity contribution < 1.29 is 34.1 Å². The van der Waals surface area contributed by atoms with E-state index in [0.717, 1.165) is 19.1 Å². The third-order valence-corrected chi connectivity index (χ3v) is 5.31. The van der Waals surface area contributed by atoms with Gasteiger partial charge in [-0.2, -0.15) is 0 Å². The van der Waals surface area contributed by atoms with Crippen LogP contribution in [-0.2, 0) is 24.8 Å². The number of ether oxygens (including phenoxy) is 2. The van der Waals surface area contributed by atoms with Crippen molar-refractivity contribution in [2.24, 2.45) is 0 Å². The number of benzene rings is 2. The molecule has 0 bridgehead atoms. The minimum absolute atomic E-state index is 0.0313. The first-order valence-corrected chi connectivity index (χ1v) is 8.69. The number of Topliss-reactive ketones (excluding diaryl/α,β-unsaturated/α-hetero) is 1. The van der Waals surface area contributed by atoms with E-state index in [-0.39, 0.29) is 16.8 Å². The van der Waals surface area contributed by atoms with Crippen LogP contribution in [0.15, 0.2) is 65.9 Å². The Kier molecular flexibility index (Phi) is 4.07. The molecule has 0 spiro atoms. The molecule has 8 heteroatoms. The van der Waals surface area contributed by atoms with Gasteiger partial charge in [-0.25, -0.2) is 9.59 Å². The molecule has 2 atom stereocenters. The molecular weight excluding hydrogens is 378 g/mol. The Morgan fingerprint density at radius 1 is 0.897 bits per heavy atom. The highest BCUT2D eigenvalue weighted by Gasteiger charge is 2.75. The number of rotatable bonds is 3. The molecule has 8 nitrogen and oxygen atoms in total. The van der Waals surface area contributed by atoms with Gasteiger partial charge in [0.15, 0.2) is 0 Å². The summed E-state index contributed by atoms with van der Waals surface area (Å²) in [6, 6.07) is 14.2. The lowest BCUT2D eigenvalue weighted by Crippen LogP contribution is -2.58. The number of methoxy groups -OCH3 is 2. The third-order valence-electron chi connectivity index (χ3n) is 5.31. The van der Waals surface area contributed by atoms with E-state index in [1.54, 1.807) is 42.5 Å². The first-order valence-electron chi connectivity index (χ1n) is 8.69. The zero-order valence-electron chi connectivity index (χ0n) is 15.6. The molecule has 0 unspecified atom stereocenters. The predicted octanol–water partition coefficient (Wildman–Crippen LogP) is 0.879. The number of ketones is 1. The van der Waals surface area contributed by atoms with Crippen molar-refractivity contribution in [1.82, 2.24) is 0 Å². The van der Waals surface area contributed by atoms with Gasteiger partial charge >= 0.3 is 11.9 Å². The minimum atomic E-state index is -2.77. The van der Waals surface area contributed by atoms with E-state index in [9.17, 15) is 24.6 Å². The van der Waals surface area contributed by atoms with Crippen LogP contribution in [0.2, 0.25) is 0 Å². The molecule has 2 aliphatic rings. The van der Waals surface area contributed by atoms with Crippen molar-refractivity contribution in [1.29, 1.82) is 0 Å². The normalized spacial score (nSPS) is 25.0. The number of esters is 2. The number of anilines is 1. The number of nitrogens with zero attached hydrogens (tertiary/aromatic N) is 1. The summed E-state index contributed by atoms with van der Waals surface area (Å²) in [7, 11) is 2.13. The van der Waals surface area contributed by atoms with Crippen molar-refractivity contribution in [3.05, 3.63) is 77.0 Å². The number of fused-ring (bicyclic) bond motifs is 3. The molecular formula is C21H17NO7. The highest BCUT2D eigenvalue weighted by Crippen LogP contribution is 2.58. The number of para-hydroxylation sites is 1. The number of hydrogen-bond donors (Lipinski definition) is 2. The molecule has 148 valence electrons. The Bertz CT molecular complexity index is 1080. The van der Waals surface area contributed by atoms with Gasteiger partial charge in [-0.05, 0) is 12.1 Å². The predicted molar refractivity (Wildman–Crippen MR) is 99.6 cm³/mol. The maximum Gasteiger partial charge on any atom is 0.355 e. The first-order chi connectivity index (χ1) is 13.8. The minimum Gasteiger partial charge on any atom is -0.466 e. The zero-order valence-corrected chi connectivity index (χ0v) is 15.6. The van der Waals surface area contributed by atoms with Gasteiger partial charge in [0.1, 0.15) is 11.3 Å². The monoisotopic (exact) mass is 395 g/mol. The lowest BCUT2D eigenvalue weighted by atomic mass is 9.85. The van der Waals surface area contributed by atoms with Crippen LogP contribution in [-0.4, -0.2) is 47.8 Å². The molecule has 0 radical (unpaired) electrons. The van der Waals surface area contributed by atoms with Gasteiger partial charge in [0.2, 0.25) is 17.1 Å². The summed E-state index contributed by atoms with van der Waals surface area (Å²) < 4.78 is 9.56. The van der Waals surface area contributed by atoms with Crippen LogP contribution in [0.5, 0.6) is 0 Å². The van der Waals surface area contributed by atoms with E-state index in [0.29, 0.717) is 0 Å². The Labute approximate surface area is 165 Å². The van der Waals surface area contributed by atoms with Crippen LogP contribution in [0.3, 0.4) is 0 Å². The standard InChI is InChI=1S/C21H17NO7/c1-28-18(24)15-16(19(25)29-2)22(12-8-4-3-5-9-12)21(27)14-11-7-6-10-13(14)17(23)20(15,21)26/h3-11,26-27H,1-2H3/t20-,21+/m1/s1. The molecule has 1 heterocycles. The number of aliphatic hydroxyl groups is 2. The average molecular weight is 395 g/mol. The van der Waals surface area contributed by atoms with E-state index in [2.05, 4.69) is 0 Å². The lowest BCUT2D eigenvalue weighted by Gasteiger charge is -2.39. The van der Waals surface area contributed by atoms with Gasteiger partial charge in [0, 0.05) is 16.8 Å². The molecule has 0 saturated heterocycles. The van der Waals surface area contributed by atoms with E-state index in [1.807, 2.05) is 0 Å². The molecule has 4 rings (SSSR count). The van der Waals surface area contributed by atoms with Gasteiger partial charge in [-0.3, -0.25) is 9.69 Å². The Balaban J connectivity index is 2.15. The van der Waals surface area contributed by atoms with Gasteiger partial charge in [0.05, 0.1) is 14.2 Å². The second-order valence-corrected chi connectivity index (χ2v) is 6.64. The fraction of sp³-hybridized carbons (Fsp3) is 0.190. The number of hydrogen-bond acceptors (Lipinski definition) is 8. The highest BCUT2D eigenvalue weighted by atomic mass is 16.5. The van der Waals surface area contributed by atoms with Crippen molar-refractivity contribution in [3.8, 4) is 0 Å². The van der Waals surface area contributed by atoms with Crippen LogP contribution >= 0.6 is 0 Å². The molecule has 1 aliphatic heterocycles. The smallest absolute Gasteiger partial charge is 0.355 e. The lowest BCUT2D eigenvalue weighted by molar-refractivity contribution is -0.142. The molecule has 0 saturated carbocycles. The molecule has 0 fully saturated rings. The van der Waals surface area contributed by atoms with Crippen molar-refractivity contribution >= 4 is 23.4 Å². The van der Waals surface area contributed by atoms with Gasteiger partial charge in [-0.15, -0.1) is 0 Å². The summed E-state index contributed by atoms with van der Waals surface area (Å²) in [4.78, 5) is 39.7. The summed E-state index contributed by atoms with van der Waals surface area (Å²) in [6.07, 6.45) is 0. The van der Waals surface area contributed by atoms with Gasteiger partial charge < -0.3 is 19.7 Å². The van der Waals surface area contributed by atoms with E-state index in [1.165, 1.54) is 12.1 Å². The van der Waals surface area contributed by atoms with E-state index < -0.39 is 40.3 Å². The SMILES string of the molecule is COC(=O)C1=C(C(=O)OC)[C@@]2(O)C(=O)c3ccccc3[C@@]2(O)N1c1ccccc1. The molecule has 1 aliphatic carbocycles. The first kappa shape index (κ1) is 18.9. The largest absolute Gasteiger partial charge is 0.466 e. The van der Waals surface area contributed by atoms with Crippen LogP contribution < -0.4 is 4.90 Å². The second kappa shape index (κ2) is 6.26. The van der Waals surface area contributed by atoms with Crippen LogP contribution in [0.25, 0.3) is 0 Å². The van der Waals surface area contributed by atoms with Gasteiger partial charge in [-0.1, -0.05) is 42.5 Å². The van der Waals surface area contributed by atoms with Crippen LogP contribution in [0.4, 0.5) is 5.69 Å². The highest BCUT2D eigenvalue weighted by molar-refractivity contribution is 6.21. The molecule has 2 aromatic rings. The number of carbonyl (C=O) groups is 3. The molecule has 0 amide bonds. The summed E-state index contributed by atoms with van der Waals surface area (Å²) in [5.74, 6) is -3.07. The molecule has 29 heavy (non-hydrogen) atoms. The summed E-state index contributed by atoms with van der Waals surface area (Å²) in [5, 5.41) is 23.4. The summed E-state index contributed by atoms with van der Waals surface area (Å²) in [5.41, 5.74) is -6.05. The van der Waals surface area contributed by atoms with Crippen LogP contribution in [0, 0.1) is 0 Å². The maximum absolute atomic E-state index is 13.2. The third kappa shape index (κ3) is 2.12. The van der Waals surface area contributed by atoms with E-state index >= 15 is 0 Å². The van der Waals surface area contributed by atoms with Gasteiger partial charge in [0.25, 0.3) is 0 Å². The van der Waals surface area contributed by atoms with Crippen LogP contribution in [0.1, 0.15) is 15.9 Å².